The van der Waals surface area contributed by atoms with Crippen LogP contribution >= 0.6 is 0 Å². The second kappa shape index (κ2) is 9.43. The van der Waals surface area contributed by atoms with E-state index in [4.69, 9.17) is 0 Å². The highest BCUT2D eigenvalue weighted by atomic mass is 16.3. The van der Waals surface area contributed by atoms with Gasteiger partial charge in [-0.25, -0.2) is 0 Å². The summed E-state index contributed by atoms with van der Waals surface area (Å²) in [5, 5.41) is 12.9. The summed E-state index contributed by atoms with van der Waals surface area (Å²) in [5.74, 6) is 0.749. The predicted octanol–water partition coefficient (Wildman–Crippen LogP) is 5.02. The average molecular weight is 429 g/mol. The number of hydrogen-bond acceptors (Lipinski definition) is 3. The fourth-order valence-corrected chi connectivity index (χ4v) is 5.41. The van der Waals surface area contributed by atoms with Gasteiger partial charge in [-0.15, -0.1) is 0 Å². The van der Waals surface area contributed by atoms with E-state index in [0.717, 1.165) is 41.9 Å². The van der Waals surface area contributed by atoms with Crippen molar-refractivity contribution in [3.05, 3.63) is 83.4 Å². The van der Waals surface area contributed by atoms with E-state index >= 15 is 0 Å². The van der Waals surface area contributed by atoms with Crippen LogP contribution in [-0.4, -0.2) is 47.0 Å². The summed E-state index contributed by atoms with van der Waals surface area (Å²) in [5.41, 5.74) is 2.99. The lowest BCUT2D eigenvalue weighted by Gasteiger charge is -2.37. The van der Waals surface area contributed by atoms with Crippen molar-refractivity contribution in [2.75, 3.05) is 26.2 Å². The topological polar surface area (TPSA) is 43.8 Å². The summed E-state index contributed by atoms with van der Waals surface area (Å²) >= 11 is 0. The molecule has 1 fully saturated rings. The van der Waals surface area contributed by atoms with Crippen molar-refractivity contribution in [2.45, 2.75) is 38.3 Å². The van der Waals surface area contributed by atoms with Crippen molar-refractivity contribution in [3.63, 3.8) is 0 Å². The van der Waals surface area contributed by atoms with E-state index in [-0.39, 0.29) is 5.91 Å². The number of amides is 1. The molecule has 0 spiro atoms. The van der Waals surface area contributed by atoms with E-state index in [1.807, 2.05) is 36.4 Å². The largest absolute Gasteiger partial charge is 0.369 e. The number of hydrogen-bond donors (Lipinski definition) is 1. The Morgan fingerprint density at radius 1 is 0.875 bits per heavy atom. The van der Waals surface area contributed by atoms with Crippen molar-refractivity contribution in [2.24, 2.45) is 5.92 Å². The summed E-state index contributed by atoms with van der Waals surface area (Å²) in [7, 11) is 0. The minimum atomic E-state index is -0.864. The third-order valence-corrected chi connectivity index (χ3v) is 7.29. The normalized spacial score (nSPS) is 19.6. The molecule has 4 nitrogen and oxygen atoms in total. The van der Waals surface area contributed by atoms with E-state index in [2.05, 4.69) is 35.2 Å². The van der Waals surface area contributed by atoms with Gasteiger partial charge in [0.1, 0.15) is 0 Å². The number of rotatable bonds is 7. The smallest absolute Gasteiger partial charge is 0.256 e. The molecule has 2 aliphatic heterocycles. The molecule has 5 rings (SSSR count). The molecule has 166 valence electrons. The van der Waals surface area contributed by atoms with Gasteiger partial charge in [0, 0.05) is 29.6 Å². The summed E-state index contributed by atoms with van der Waals surface area (Å²) in [4.78, 5) is 17.2. The number of carbonyl (C=O) groups is 1. The van der Waals surface area contributed by atoms with E-state index in [9.17, 15) is 9.90 Å². The van der Waals surface area contributed by atoms with Crippen LogP contribution < -0.4 is 0 Å². The maximum atomic E-state index is 13.1. The molecule has 0 saturated carbocycles. The minimum absolute atomic E-state index is 0.0578. The summed E-state index contributed by atoms with van der Waals surface area (Å²) in [6, 6.07) is 22.5. The Balaban J connectivity index is 1.12. The molecule has 0 aliphatic carbocycles. The van der Waals surface area contributed by atoms with Crippen LogP contribution in [0.25, 0.3) is 10.8 Å². The van der Waals surface area contributed by atoms with Crippen LogP contribution in [0.3, 0.4) is 0 Å². The van der Waals surface area contributed by atoms with Crippen LogP contribution in [0.2, 0.25) is 0 Å². The Morgan fingerprint density at radius 3 is 2.41 bits per heavy atom. The Kier molecular flexibility index (Phi) is 6.24. The standard InChI is InChI=1S/C28H32N2O2/c31-27-24-13-5-11-23-12-6-14-25(26(23)24)28(32)30(27)20-19-29-17-15-22(16-18-29)10-4-9-21-7-2-1-3-8-21/h1-3,5-8,11-14,22,27,31H,4,9-10,15-20H2. The highest BCUT2D eigenvalue weighted by Crippen LogP contribution is 2.35. The molecule has 1 amide bonds. The second-order valence-electron chi connectivity index (χ2n) is 9.29. The molecule has 0 aromatic heterocycles. The lowest BCUT2D eigenvalue weighted by Crippen LogP contribution is -2.44. The van der Waals surface area contributed by atoms with Crippen molar-refractivity contribution in [3.8, 4) is 0 Å². The molecule has 1 unspecified atom stereocenters. The zero-order valence-corrected chi connectivity index (χ0v) is 18.6. The highest BCUT2D eigenvalue weighted by Gasteiger charge is 2.33. The van der Waals surface area contributed by atoms with E-state index in [1.165, 1.54) is 37.7 Å². The first-order valence-electron chi connectivity index (χ1n) is 12.0. The minimum Gasteiger partial charge on any atom is -0.369 e. The van der Waals surface area contributed by atoms with Crippen LogP contribution in [0.1, 0.15) is 53.4 Å². The van der Waals surface area contributed by atoms with Crippen LogP contribution in [0.15, 0.2) is 66.7 Å². The average Bonchev–Trinajstić information content (AvgIpc) is 2.84. The van der Waals surface area contributed by atoms with Gasteiger partial charge in [-0.3, -0.25) is 4.79 Å². The lowest BCUT2D eigenvalue weighted by atomic mass is 9.90. The number of piperidine rings is 1. The Hall–Kier alpha value is -2.69. The number of benzene rings is 3. The Morgan fingerprint density at radius 2 is 1.62 bits per heavy atom. The van der Waals surface area contributed by atoms with Crippen LogP contribution in [-0.2, 0) is 6.42 Å². The van der Waals surface area contributed by atoms with Gasteiger partial charge < -0.3 is 14.9 Å². The van der Waals surface area contributed by atoms with Gasteiger partial charge in [-0.05, 0) is 61.7 Å². The van der Waals surface area contributed by atoms with Gasteiger partial charge >= 0.3 is 0 Å². The molecule has 3 aromatic rings. The first-order chi connectivity index (χ1) is 15.7. The van der Waals surface area contributed by atoms with Crippen LogP contribution in [0.4, 0.5) is 0 Å². The number of carbonyl (C=O) groups excluding carboxylic acids is 1. The predicted molar refractivity (Wildman–Crippen MR) is 128 cm³/mol. The molecule has 2 aliphatic rings. The zero-order valence-electron chi connectivity index (χ0n) is 18.6. The maximum absolute atomic E-state index is 13.1. The van der Waals surface area contributed by atoms with Crippen molar-refractivity contribution < 1.29 is 9.90 Å². The summed E-state index contributed by atoms with van der Waals surface area (Å²) < 4.78 is 0. The lowest BCUT2D eigenvalue weighted by molar-refractivity contribution is -0.000247. The zero-order chi connectivity index (χ0) is 21.9. The number of aliphatic hydroxyl groups is 1. The van der Waals surface area contributed by atoms with Crippen LogP contribution in [0.5, 0.6) is 0 Å². The van der Waals surface area contributed by atoms with Crippen molar-refractivity contribution in [1.29, 1.82) is 0 Å². The molecule has 1 atom stereocenters. The first kappa shape index (κ1) is 21.2. The molecule has 1 N–H and O–H groups in total. The number of aliphatic hydroxyl groups excluding tert-OH is 1. The quantitative estimate of drug-likeness (QED) is 0.575. The summed E-state index contributed by atoms with van der Waals surface area (Å²) in [6.07, 6.45) is 5.32. The third-order valence-electron chi connectivity index (χ3n) is 7.29. The molecule has 0 radical (unpaired) electrons. The van der Waals surface area contributed by atoms with Crippen LogP contribution in [0, 0.1) is 5.92 Å². The molecular formula is C28H32N2O2. The van der Waals surface area contributed by atoms with E-state index < -0.39 is 6.23 Å². The molecule has 3 aromatic carbocycles. The van der Waals surface area contributed by atoms with Gasteiger partial charge in [0.05, 0.1) is 0 Å². The number of aryl methyl sites for hydroxylation is 1. The van der Waals surface area contributed by atoms with Gasteiger partial charge in [0.2, 0.25) is 0 Å². The van der Waals surface area contributed by atoms with Gasteiger partial charge in [-0.1, -0.05) is 67.1 Å². The van der Waals surface area contributed by atoms with E-state index in [0.29, 0.717) is 12.1 Å². The maximum Gasteiger partial charge on any atom is 0.256 e. The number of likely N-dealkylation sites (tertiary alicyclic amines) is 1. The Labute approximate surface area is 190 Å². The fraction of sp³-hybridized carbons (Fsp3) is 0.393. The summed E-state index contributed by atoms with van der Waals surface area (Å²) in [6.45, 7) is 3.54. The van der Waals surface area contributed by atoms with E-state index in [1.54, 1.807) is 4.90 Å². The monoisotopic (exact) mass is 428 g/mol. The molecule has 0 bridgehead atoms. The molecule has 32 heavy (non-hydrogen) atoms. The highest BCUT2D eigenvalue weighted by molar-refractivity contribution is 6.10. The molecule has 4 heteroatoms. The second-order valence-corrected chi connectivity index (χ2v) is 9.29. The molecule has 2 heterocycles. The Bertz CT molecular complexity index is 1070. The molecular weight excluding hydrogens is 396 g/mol. The van der Waals surface area contributed by atoms with Crippen molar-refractivity contribution >= 4 is 16.7 Å². The fourth-order valence-electron chi connectivity index (χ4n) is 5.41. The molecule has 1 saturated heterocycles. The van der Waals surface area contributed by atoms with Gasteiger partial charge in [0.15, 0.2) is 6.23 Å². The van der Waals surface area contributed by atoms with Crippen molar-refractivity contribution in [1.82, 2.24) is 9.80 Å². The van der Waals surface area contributed by atoms with Gasteiger partial charge in [-0.2, -0.15) is 0 Å². The SMILES string of the molecule is O=C1c2cccc3cccc(c23)C(O)N1CCN1CCC(CCCc2ccccc2)CC1. The number of nitrogens with zero attached hydrogens (tertiary/aromatic N) is 2. The van der Waals surface area contributed by atoms with Gasteiger partial charge in [0.25, 0.3) is 5.91 Å². The third kappa shape index (κ3) is 4.30. The first-order valence-corrected chi connectivity index (χ1v) is 12.0.